The average Bonchev–Trinajstić information content (AvgIpc) is 1.83. The van der Waals surface area contributed by atoms with Crippen molar-refractivity contribution >= 4 is 10.1 Å². The summed E-state index contributed by atoms with van der Waals surface area (Å²) >= 11 is 0. The number of nitrogens with zero attached hydrogens (tertiary/aromatic N) is 1. The molecule has 0 rings (SSSR count). The van der Waals surface area contributed by atoms with E-state index < -0.39 is 15.7 Å². The monoisotopic (exact) mass is 191 g/mol. The summed E-state index contributed by atoms with van der Waals surface area (Å²) in [6, 6.07) is 1.83. The first-order valence-corrected chi connectivity index (χ1v) is 5.35. The Morgan fingerprint density at radius 1 is 1.50 bits per heavy atom. The maximum absolute atomic E-state index is 10.7. The normalized spacial score (nSPS) is 17.0. The molecule has 0 aliphatic heterocycles. The molecule has 0 aromatic heterocycles. The molecule has 70 valence electrons. The fraction of sp³-hybridized carbons (Fsp3) is 0.857. The van der Waals surface area contributed by atoms with Gasteiger partial charge in [0.05, 0.1) is 12.3 Å². The van der Waals surface area contributed by atoms with Crippen molar-refractivity contribution < 1.29 is 12.6 Å². The molecular formula is C7H13NO3S. The van der Waals surface area contributed by atoms with Crippen molar-refractivity contribution in [3.63, 3.8) is 0 Å². The summed E-state index contributed by atoms with van der Waals surface area (Å²) in [7, 11) is -3.56. The third-order valence-corrected chi connectivity index (χ3v) is 2.30. The predicted octanol–water partition coefficient (Wildman–Crippen LogP) is 0.901. The SMILES string of the molecule is CC(C)[C@](C)(C#N)OS(C)(=O)=O. The van der Waals surface area contributed by atoms with Crippen LogP contribution < -0.4 is 0 Å². The average molecular weight is 191 g/mol. The van der Waals surface area contributed by atoms with Crippen LogP contribution in [-0.4, -0.2) is 20.3 Å². The minimum atomic E-state index is -3.56. The van der Waals surface area contributed by atoms with E-state index in [1.165, 1.54) is 6.92 Å². The molecule has 0 aliphatic rings. The van der Waals surface area contributed by atoms with Crippen LogP contribution in [0.1, 0.15) is 20.8 Å². The van der Waals surface area contributed by atoms with Gasteiger partial charge in [0, 0.05) is 0 Å². The largest absolute Gasteiger partial charge is 0.265 e. The lowest BCUT2D eigenvalue weighted by Crippen LogP contribution is -2.35. The van der Waals surface area contributed by atoms with Crippen molar-refractivity contribution in [1.82, 2.24) is 0 Å². The Morgan fingerprint density at radius 2 is 1.92 bits per heavy atom. The van der Waals surface area contributed by atoms with Gasteiger partial charge in [-0.25, -0.2) is 4.18 Å². The van der Waals surface area contributed by atoms with Gasteiger partial charge >= 0.3 is 0 Å². The van der Waals surface area contributed by atoms with Gasteiger partial charge in [-0.3, -0.25) is 0 Å². The van der Waals surface area contributed by atoms with Crippen molar-refractivity contribution in [2.45, 2.75) is 26.4 Å². The zero-order valence-electron chi connectivity index (χ0n) is 7.66. The van der Waals surface area contributed by atoms with Gasteiger partial charge in [-0.1, -0.05) is 13.8 Å². The molecule has 0 heterocycles. The van der Waals surface area contributed by atoms with Crippen molar-refractivity contribution in [3.8, 4) is 6.07 Å². The first-order valence-electron chi connectivity index (χ1n) is 3.53. The Hall–Kier alpha value is -0.600. The topological polar surface area (TPSA) is 67.2 Å². The van der Waals surface area contributed by atoms with Crippen LogP contribution in [0.3, 0.4) is 0 Å². The third kappa shape index (κ3) is 3.20. The smallest absolute Gasteiger partial charge is 0.248 e. The van der Waals surface area contributed by atoms with E-state index in [1.807, 2.05) is 6.07 Å². The van der Waals surface area contributed by atoms with Gasteiger partial charge < -0.3 is 0 Å². The van der Waals surface area contributed by atoms with Gasteiger partial charge in [-0.2, -0.15) is 13.7 Å². The van der Waals surface area contributed by atoms with E-state index in [2.05, 4.69) is 4.18 Å². The van der Waals surface area contributed by atoms with E-state index in [1.54, 1.807) is 13.8 Å². The van der Waals surface area contributed by atoms with Gasteiger partial charge in [0.15, 0.2) is 5.60 Å². The lowest BCUT2D eigenvalue weighted by Gasteiger charge is -2.24. The Kier molecular flexibility index (Phi) is 3.25. The van der Waals surface area contributed by atoms with Crippen molar-refractivity contribution in [2.75, 3.05) is 6.26 Å². The Bertz CT molecular complexity index is 288. The van der Waals surface area contributed by atoms with E-state index in [4.69, 9.17) is 5.26 Å². The van der Waals surface area contributed by atoms with Crippen LogP contribution in [-0.2, 0) is 14.3 Å². The highest BCUT2D eigenvalue weighted by atomic mass is 32.2. The summed E-state index contributed by atoms with van der Waals surface area (Å²) in [4.78, 5) is 0. The molecular weight excluding hydrogens is 178 g/mol. The Morgan fingerprint density at radius 3 is 2.00 bits per heavy atom. The number of nitriles is 1. The summed E-state index contributed by atoms with van der Waals surface area (Å²) < 4.78 is 26.1. The van der Waals surface area contributed by atoms with Crippen LogP contribution in [0.25, 0.3) is 0 Å². The molecule has 0 bridgehead atoms. The van der Waals surface area contributed by atoms with Crippen molar-refractivity contribution in [1.29, 1.82) is 5.26 Å². The fourth-order valence-corrected chi connectivity index (χ4v) is 1.42. The number of hydrogen-bond donors (Lipinski definition) is 0. The predicted molar refractivity (Wildman–Crippen MR) is 44.8 cm³/mol. The second kappa shape index (κ2) is 3.42. The summed E-state index contributed by atoms with van der Waals surface area (Å²) in [5.41, 5.74) is -1.26. The zero-order chi connectivity index (χ0) is 9.99. The summed E-state index contributed by atoms with van der Waals surface area (Å²) in [6.07, 6.45) is 0.935. The summed E-state index contributed by atoms with van der Waals surface area (Å²) in [5.74, 6) is -0.169. The second-order valence-electron chi connectivity index (χ2n) is 3.16. The summed E-state index contributed by atoms with van der Waals surface area (Å²) in [5, 5.41) is 8.68. The molecule has 0 radical (unpaired) electrons. The molecule has 0 fully saturated rings. The van der Waals surface area contributed by atoms with Crippen LogP contribution in [0.5, 0.6) is 0 Å². The van der Waals surface area contributed by atoms with Crippen LogP contribution in [0.4, 0.5) is 0 Å². The van der Waals surface area contributed by atoms with Crippen LogP contribution >= 0.6 is 0 Å². The molecule has 4 nitrogen and oxygen atoms in total. The second-order valence-corrected chi connectivity index (χ2v) is 4.74. The molecule has 0 aromatic rings. The molecule has 0 amide bonds. The fourth-order valence-electron chi connectivity index (χ4n) is 0.558. The standard InChI is InChI=1S/C7H13NO3S/c1-6(2)7(3,5-8)11-12(4,9)10/h6H,1-4H3/t7-/m0/s1. The maximum Gasteiger partial charge on any atom is 0.265 e. The van der Waals surface area contributed by atoms with Crippen molar-refractivity contribution in [2.24, 2.45) is 5.92 Å². The van der Waals surface area contributed by atoms with Crippen LogP contribution in [0, 0.1) is 17.2 Å². The van der Waals surface area contributed by atoms with Crippen molar-refractivity contribution in [3.05, 3.63) is 0 Å². The van der Waals surface area contributed by atoms with Gasteiger partial charge in [-0.05, 0) is 12.8 Å². The quantitative estimate of drug-likeness (QED) is 0.621. The Balaban J connectivity index is 4.73. The molecule has 0 saturated carbocycles. The lowest BCUT2D eigenvalue weighted by atomic mass is 9.95. The van der Waals surface area contributed by atoms with Gasteiger partial charge in [-0.15, -0.1) is 0 Å². The first kappa shape index (κ1) is 11.4. The minimum Gasteiger partial charge on any atom is -0.248 e. The third-order valence-electron chi connectivity index (χ3n) is 1.65. The van der Waals surface area contributed by atoms with Gasteiger partial charge in [0.1, 0.15) is 0 Å². The molecule has 12 heavy (non-hydrogen) atoms. The molecule has 0 aromatic carbocycles. The highest BCUT2D eigenvalue weighted by Gasteiger charge is 2.33. The molecule has 0 N–H and O–H groups in total. The number of rotatable bonds is 3. The highest BCUT2D eigenvalue weighted by molar-refractivity contribution is 7.86. The molecule has 0 aliphatic carbocycles. The first-order chi connectivity index (χ1) is 5.21. The van der Waals surface area contributed by atoms with Crippen LogP contribution in [0.15, 0.2) is 0 Å². The number of hydrogen-bond acceptors (Lipinski definition) is 4. The maximum atomic E-state index is 10.7. The highest BCUT2D eigenvalue weighted by Crippen LogP contribution is 2.22. The lowest BCUT2D eigenvalue weighted by molar-refractivity contribution is 0.107. The van der Waals surface area contributed by atoms with E-state index in [0.717, 1.165) is 6.26 Å². The van der Waals surface area contributed by atoms with E-state index in [9.17, 15) is 8.42 Å². The molecule has 1 atom stereocenters. The molecule has 0 saturated heterocycles. The molecule has 0 spiro atoms. The van der Waals surface area contributed by atoms with E-state index in [0.29, 0.717) is 0 Å². The van der Waals surface area contributed by atoms with E-state index >= 15 is 0 Å². The minimum absolute atomic E-state index is 0.169. The van der Waals surface area contributed by atoms with Crippen LogP contribution in [0.2, 0.25) is 0 Å². The summed E-state index contributed by atoms with van der Waals surface area (Å²) in [6.45, 7) is 4.92. The molecule has 0 unspecified atom stereocenters. The van der Waals surface area contributed by atoms with Gasteiger partial charge in [0.2, 0.25) is 0 Å². The Labute approximate surface area is 73.3 Å². The van der Waals surface area contributed by atoms with E-state index in [-0.39, 0.29) is 5.92 Å². The zero-order valence-corrected chi connectivity index (χ0v) is 8.47. The van der Waals surface area contributed by atoms with Gasteiger partial charge in [0.25, 0.3) is 10.1 Å². The molecule has 5 heteroatoms.